The lowest BCUT2D eigenvalue weighted by molar-refractivity contribution is 0.221. The zero-order valence-electron chi connectivity index (χ0n) is 14.1. The van der Waals surface area contributed by atoms with Gasteiger partial charge in [0.25, 0.3) is 0 Å². The fourth-order valence-electron chi connectivity index (χ4n) is 2.96. The summed E-state index contributed by atoms with van der Waals surface area (Å²) in [4.78, 5) is 0. The average molecular weight is 287 g/mol. The minimum absolute atomic E-state index is 0.0724. The molecule has 0 radical (unpaired) electrons. The van der Waals surface area contributed by atoms with Gasteiger partial charge in [0, 0.05) is 6.04 Å². The van der Waals surface area contributed by atoms with Crippen LogP contribution in [0.15, 0.2) is 24.0 Å². The first-order valence-corrected chi connectivity index (χ1v) is 7.96. The summed E-state index contributed by atoms with van der Waals surface area (Å²) in [7, 11) is 0. The zero-order valence-corrected chi connectivity index (χ0v) is 14.1. The molecule has 0 saturated heterocycles. The van der Waals surface area contributed by atoms with Gasteiger partial charge < -0.3 is 10.5 Å². The van der Waals surface area contributed by atoms with Crippen LogP contribution >= 0.6 is 0 Å². The van der Waals surface area contributed by atoms with Gasteiger partial charge in [0.15, 0.2) is 0 Å². The van der Waals surface area contributed by atoms with Crippen molar-refractivity contribution in [1.82, 2.24) is 0 Å². The second-order valence-corrected chi connectivity index (χ2v) is 7.32. The summed E-state index contributed by atoms with van der Waals surface area (Å²) >= 11 is 0. The first-order valence-electron chi connectivity index (χ1n) is 7.96. The molecule has 1 unspecified atom stereocenters. The van der Waals surface area contributed by atoms with Gasteiger partial charge in [-0.3, -0.25) is 0 Å². The Morgan fingerprint density at radius 1 is 1.19 bits per heavy atom. The van der Waals surface area contributed by atoms with Gasteiger partial charge in [0.2, 0.25) is 0 Å². The molecule has 0 fully saturated rings. The van der Waals surface area contributed by atoms with Crippen LogP contribution in [0.2, 0.25) is 0 Å². The Morgan fingerprint density at radius 2 is 1.81 bits per heavy atom. The van der Waals surface area contributed by atoms with E-state index < -0.39 is 0 Å². The molecule has 21 heavy (non-hydrogen) atoms. The van der Waals surface area contributed by atoms with Crippen LogP contribution < -0.4 is 5.73 Å². The van der Waals surface area contributed by atoms with Gasteiger partial charge in [0.05, 0.1) is 12.9 Å². The molecule has 2 N–H and O–H groups in total. The maximum atomic E-state index is 6.39. The van der Waals surface area contributed by atoms with Crippen LogP contribution in [0, 0.1) is 13.8 Å². The highest BCUT2D eigenvalue weighted by Crippen LogP contribution is 2.28. The lowest BCUT2D eigenvalue weighted by Crippen LogP contribution is -2.28. The Labute approximate surface area is 129 Å². The third kappa shape index (κ3) is 3.88. The van der Waals surface area contributed by atoms with E-state index in [4.69, 9.17) is 10.5 Å². The normalized spacial score (nSPS) is 17.1. The third-order valence-electron chi connectivity index (χ3n) is 4.42. The molecule has 116 valence electrons. The molecule has 1 aliphatic heterocycles. The van der Waals surface area contributed by atoms with E-state index in [1.807, 2.05) is 6.26 Å². The maximum absolute atomic E-state index is 6.39. The monoisotopic (exact) mass is 287 g/mol. The van der Waals surface area contributed by atoms with Gasteiger partial charge in [0.1, 0.15) is 0 Å². The van der Waals surface area contributed by atoms with Crippen molar-refractivity contribution in [2.45, 2.75) is 65.3 Å². The van der Waals surface area contributed by atoms with E-state index in [0.29, 0.717) is 0 Å². The molecule has 1 heterocycles. The van der Waals surface area contributed by atoms with E-state index in [1.54, 1.807) is 0 Å². The van der Waals surface area contributed by atoms with E-state index in [1.165, 1.54) is 27.8 Å². The Balaban J connectivity index is 2.22. The number of nitrogens with two attached hydrogens (primary N) is 1. The highest BCUT2D eigenvalue weighted by Gasteiger charge is 2.19. The maximum Gasteiger partial charge on any atom is 0.0876 e. The van der Waals surface area contributed by atoms with Crippen LogP contribution in [0.25, 0.3) is 0 Å². The molecule has 0 saturated carbocycles. The summed E-state index contributed by atoms with van der Waals surface area (Å²) in [5, 5.41) is 0. The van der Waals surface area contributed by atoms with Crippen molar-refractivity contribution in [3.8, 4) is 0 Å². The summed E-state index contributed by atoms with van der Waals surface area (Å²) in [5.41, 5.74) is 13.3. The molecule has 2 rings (SSSR count). The number of hydrogen-bond acceptors (Lipinski definition) is 2. The van der Waals surface area contributed by atoms with Crippen molar-refractivity contribution in [3.05, 3.63) is 46.2 Å². The lowest BCUT2D eigenvalue weighted by Gasteiger charge is -2.25. The predicted molar refractivity (Wildman–Crippen MR) is 89.6 cm³/mol. The van der Waals surface area contributed by atoms with Crippen molar-refractivity contribution in [3.63, 3.8) is 0 Å². The van der Waals surface area contributed by atoms with Crippen LogP contribution in [0.3, 0.4) is 0 Å². The van der Waals surface area contributed by atoms with Crippen LogP contribution in [-0.2, 0) is 16.6 Å². The minimum Gasteiger partial charge on any atom is -0.501 e. The summed E-state index contributed by atoms with van der Waals surface area (Å²) in [5.74, 6) is 0. The largest absolute Gasteiger partial charge is 0.501 e. The lowest BCUT2D eigenvalue weighted by atomic mass is 9.82. The summed E-state index contributed by atoms with van der Waals surface area (Å²) in [6, 6.07) is 4.71. The smallest absolute Gasteiger partial charge is 0.0876 e. The molecule has 0 amide bonds. The first-order chi connectivity index (χ1) is 9.79. The van der Waals surface area contributed by atoms with E-state index in [9.17, 15) is 0 Å². The van der Waals surface area contributed by atoms with Crippen molar-refractivity contribution in [2.24, 2.45) is 5.73 Å². The van der Waals surface area contributed by atoms with Crippen LogP contribution in [0.1, 0.15) is 55.9 Å². The molecule has 1 aromatic rings. The SMILES string of the molecule is Cc1cc(C(C)(C)C)cc(C)c1CC(N)C1=COCCC1. The summed E-state index contributed by atoms with van der Waals surface area (Å²) in [6.07, 6.45) is 4.93. The quantitative estimate of drug-likeness (QED) is 0.905. The predicted octanol–water partition coefficient (Wildman–Crippen LogP) is 4.17. The van der Waals surface area contributed by atoms with Crippen molar-refractivity contribution < 1.29 is 4.74 Å². The molecular weight excluding hydrogens is 258 g/mol. The van der Waals surface area contributed by atoms with Gasteiger partial charge >= 0.3 is 0 Å². The number of ether oxygens (including phenoxy) is 1. The fraction of sp³-hybridized carbons (Fsp3) is 0.579. The Hall–Kier alpha value is -1.28. The summed E-state index contributed by atoms with van der Waals surface area (Å²) < 4.78 is 5.42. The average Bonchev–Trinajstić information content (AvgIpc) is 2.42. The van der Waals surface area contributed by atoms with E-state index in [2.05, 4.69) is 46.8 Å². The molecule has 2 heteroatoms. The number of rotatable bonds is 3. The second-order valence-electron chi connectivity index (χ2n) is 7.32. The zero-order chi connectivity index (χ0) is 15.6. The Bertz CT molecular complexity index is 514. The minimum atomic E-state index is 0.0724. The van der Waals surface area contributed by atoms with Gasteiger partial charge in [-0.2, -0.15) is 0 Å². The van der Waals surface area contributed by atoms with Gasteiger partial charge in [-0.1, -0.05) is 32.9 Å². The van der Waals surface area contributed by atoms with E-state index >= 15 is 0 Å². The molecule has 0 spiro atoms. The van der Waals surface area contributed by atoms with Crippen LogP contribution in [0.5, 0.6) is 0 Å². The molecule has 0 aliphatic carbocycles. The Kier molecular flexibility index (Phi) is 4.77. The van der Waals surface area contributed by atoms with Crippen molar-refractivity contribution in [2.75, 3.05) is 6.61 Å². The van der Waals surface area contributed by atoms with Gasteiger partial charge in [-0.15, -0.1) is 0 Å². The molecule has 0 bridgehead atoms. The van der Waals surface area contributed by atoms with E-state index in [-0.39, 0.29) is 11.5 Å². The van der Waals surface area contributed by atoms with Crippen molar-refractivity contribution in [1.29, 1.82) is 0 Å². The highest BCUT2D eigenvalue weighted by atomic mass is 16.5. The van der Waals surface area contributed by atoms with Crippen LogP contribution in [-0.4, -0.2) is 12.6 Å². The molecule has 0 aromatic heterocycles. The first kappa shape index (κ1) is 16.1. The van der Waals surface area contributed by atoms with E-state index in [0.717, 1.165) is 25.9 Å². The molecule has 2 nitrogen and oxygen atoms in total. The number of benzene rings is 1. The summed E-state index contributed by atoms with van der Waals surface area (Å²) in [6.45, 7) is 12.0. The second kappa shape index (κ2) is 6.23. The van der Waals surface area contributed by atoms with Crippen molar-refractivity contribution >= 4 is 0 Å². The standard InChI is InChI=1S/C19H29NO/c1-13-9-16(19(3,4)5)10-14(2)17(13)11-18(20)15-7-6-8-21-12-15/h9-10,12,18H,6-8,11,20H2,1-5H3. The molecular formula is C19H29NO. The number of aryl methyl sites for hydroxylation is 2. The highest BCUT2D eigenvalue weighted by molar-refractivity contribution is 5.41. The molecule has 1 aromatic carbocycles. The van der Waals surface area contributed by atoms with Gasteiger partial charge in [-0.25, -0.2) is 0 Å². The Morgan fingerprint density at radius 3 is 2.29 bits per heavy atom. The van der Waals surface area contributed by atoms with Crippen LogP contribution in [0.4, 0.5) is 0 Å². The fourth-order valence-corrected chi connectivity index (χ4v) is 2.96. The topological polar surface area (TPSA) is 35.2 Å². The molecule has 1 atom stereocenters. The number of hydrogen-bond donors (Lipinski definition) is 1. The third-order valence-corrected chi connectivity index (χ3v) is 4.42. The molecule has 1 aliphatic rings. The van der Waals surface area contributed by atoms with Gasteiger partial charge in [-0.05, 0) is 66.4 Å².